The van der Waals surface area contributed by atoms with Gasteiger partial charge in [0.25, 0.3) is 0 Å². The zero-order valence-corrected chi connectivity index (χ0v) is 13.2. The van der Waals surface area contributed by atoms with Gasteiger partial charge in [-0.1, -0.05) is 13.8 Å². The molecule has 9 heteroatoms. The Hall–Kier alpha value is -2.16. The van der Waals surface area contributed by atoms with Crippen LogP contribution in [-0.2, 0) is 19.2 Å². The molecule has 1 saturated heterocycles. The van der Waals surface area contributed by atoms with Gasteiger partial charge in [-0.25, -0.2) is 4.79 Å². The van der Waals surface area contributed by atoms with Crippen molar-refractivity contribution in [1.82, 2.24) is 10.2 Å². The SMILES string of the molecule is CC(C)C(N)C(=O)N1CCCC1C(=O)NC(CC(=O)O)C(=O)O. The number of nitrogens with zero attached hydrogens (tertiary/aromatic N) is 1. The number of rotatable bonds is 7. The van der Waals surface area contributed by atoms with E-state index in [1.807, 2.05) is 0 Å². The summed E-state index contributed by atoms with van der Waals surface area (Å²) in [5, 5.41) is 19.8. The van der Waals surface area contributed by atoms with Crippen molar-refractivity contribution < 1.29 is 29.4 Å². The summed E-state index contributed by atoms with van der Waals surface area (Å²) < 4.78 is 0. The number of carbonyl (C=O) groups is 4. The standard InChI is InChI=1S/C14H23N3O6/c1-7(2)11(15)13(21)17-5-3-4-9(17)12(20)16-8(14(22)23)6-10(18)19/h7-9,11H,3-6,15H2,1-2H3,(H,16,20)(H,18,19)(H,22,23). The van der Waals surface area contributed by atoms with E-state index in [0.29, 0.717) is 19.4 Å². The Kier molecular flexibility index (Phi) is 6.49. The Balaban J connectivity index is 2.79. The van der Waals surface area contributed by atoms with Gasteiger partial charge in [0.05, 0.1) is 12.5 Å². The van der Waals surface area contributed by atoms with Crippen molar-refractivity contribution in [1.29, 1.82) is 0 Å². The summed E-state index contributed by atoms with van der Waals surface area (Å²) in [6.45, 7) is 3.95. The molecule has 0 bridgehead atoms. The van der Waals surface area contributed by atoms with Gasteiger partial charge >= 0.3 is 11.9 Å². The molecule has 0 aromatic heterocycles. The minimum absolute atomic E-state index is 0.0920. The largest absolute Gasteiger partial charge is 0.481 e. The van der Waals surface area contributed by atoms with Crippen molar-refractivity contribution in [3.8, 4) is 0 Å². The molecular weight excluding hydrogens is 306 g/mol. The first-order valence-electron chi connectivity index (χ1n) is 7.46. The number of carbonyl (C=O) groups excluding carboxylic acids is 2. The van der Waals surface area contributed by atoms with Crippen LogP contribution in [-0.4, -0.2) is 63.5 Å². The average molecular weight is 329 g/mol. The fourth-order valence-corrected chi connectivity index (χ4v) is 2.42. The molecule has 0 spiro atoms. The van der Waals surface area contributed by atoms with Gasteiger partial charge in [0.2, 0.25) is 11.8 Å². The smallest absolute Gasteiger partial charge is 0.326 e. The number of aliphatic carboxylic acids is 2. The van der Waals surface area contributed by atoms with Crippen molar-refractivity contribution in [2.24, 2.45) is 11.7 Å². The van der Waals surface area contributed by atoms with E-state index in [1.54, 1.807) is 13.8 Å². The summed E-state index contributed by atoms with van der Waals surface area (Å²) in [7, 11) is 0. The van der Waals surface area contributed by atoms with E-state index in [4.69, 9.17) is 15.9 Å². The number of carboxylic acids is 2. The molecule has 1 aliphatic heterocycles. The maximum atomic E-state index is 12.3. The molecule has 2 amide bonds. The number of carboxylic acid groups (broad SMARTS) is 2. The van der Waals surface area contributed by atoms with Crippen molar-refractivity contribution in [2.45, 2.75) is 51.2 Å². The van der Waals surface area contributed by atoms with Gasteiger partial charge in [0.15, 0.2) is 0 Å². The highest BCUT2D eigenvalue weighted by Crippen LogP contribution is 2.20. The van der Waals surface area contributed by atoms with Crippen LogP contribution >= 0.6 is 0 Å². The van der Waals surface area contributed by atoms with Crippen LogP contribution in [0.5, 0.6) is 0 Å². The average Bonchev–Trinajstić information content (AvgIpc) is 2.93. The lowest BCUT2D eigenvalue weighted by Gasteiger charge is -2.28. The normalized spacial score (nSPS) is 20.2. The summed E-state index contributed by atoms with van der Waals surface area (Å²) in [4.78, 5) is 47.6. The Labute approximate surface area is 133 Å². The summed E-state index contributed by atoms with van der Waals surface area (Å²) in [5.74, 6) is -3.89. The van der Waals surface area contributed by atoms with Gasteiger partial charge in [0, 0.05) is 6.54 Å². The van der Waals surface area contributed by atoms with Gasteiger partial charge in [-0.3, -0.25) is 14.4 Å². The summed E-state index contributed by atoms with van der Waals surface area (Å²) in [5.41, 5.74) is 5.82. The van der Waals surface area contributed by atoms with Crippen LogP contribution in [0.2, 0.25) is 0 Å². The fraction of sp³-hybridized carbons (Fsp3) is 0.714. The summed E-state index contributed by atoms with van der Waals surface area (Å²) >= 11 is 0. The lowest BCUT2D eigenvalue weighted by atomic mass is 10.0. The summed E-state index contributed by atoms with van der Waals surface area (Å²) in [6, 6.07) is -3.09. The first kappa shape index (κ1) is 18.9. The van der Waals surface area contributed by atoms with E-state index in [2.05, 4.69) is 5.32 Å². The van der Waals surface area contributed by atoms with Crippen LogP contribution in [0.4, 0.5) is 0 Å². The van der Waals surface area contributed by atoms with E-state index in [-0.39, 0.29) is 11.8 Å². The van der Waals surface area contributed by atoms with Crippen molar-refractivity contribution in [3.63, 3.8) is 0 Å². The molecule has 0 aromatic carbocycles. The molecule has 9 nitrogen and oxygen atoms in total. The molecule has 1 aliphatic rings. The number of nitrogens with two attached hydrogens (primary N) is 1. The lowest BCUT2D eigenvalue weighted by Crippen LogP contribution is -2.55. The van der Waals surface area contributed by atoms with Gasteiger partial charge in [0.1, 0.15) is 12.1 Å². The number of hydrogen-bond donors (Lipinski definition) is 4. The number of nitrogens with one attached hydrogen (secondary N) is 1. The van der Waals surface area contributed by atoms with E-state index in [9.17, 15) is 19.2 Å². The molecule has 1 fully saturated rings. The van der Waals surface area contributed by atoms with Crippen LogP contribution in [0.25, 0.3) is 0 Å². The zero-order chi connectivity index (χ0) is 17.7. The van der Waals surface area contributed by atoms with Crippen molar-refractivity contribution in [2.75, 3.05) is 6.54 Å². The van der Waals surface area contributed by atoms with Crippen LogP contribution < -0.4 is 11.1 Å². The third-order valence-electron chi connectivity index (χ3n) is 3.84. The molecule has 0 aliphatic carbocycles. The number of likely N-dealkylation sites (tertiary alicyclic amines) is 1. The summed E-state index contributed by atoms with van der Waals surface area (Å²) in [6.07, 6.45) is 0.264. The fourth-order valence-electron chi connectivity index (χ4n) is 2.42. The number of amides is 2. The van der Waals surface area contributed by atoms with Crippen molar-refractivity contribution in [3.05, 3.63) is 0 Å². The van der Waals surface area contributed by atoms with Crippen LogP contribution in [0.3, 0.4) is 0 Å². The molecule has 0 radical (unpaired) electrons. The minimum atomic E-state index is -1.53. The second-order valence-electron chi connectivity index (χ2n) is 5.96. The molecule has 1 rings (SSSR count). The number of hydrogen-bond acceptors (Lipinski definition) is 5. The molecule has 3 atom stereocenters. The van der Waals surface area contributed by atoms with Crippen molar-refractivity contribution >= 4 is 23.8 Å². The second kappa shape index (κ2) is 7.91. The molecule has 1 heterocycles. The maximum Gasteiger partial charge on any atom is 0.326 e. The highest BCUT2D eigenvalue weighted by molar-refractivity contribution is 5.93. The highest BCUT2D eigenvalue weighted by Gasteiger charge is 2.38. The van der Waals surface area contributed by atoms with Crippen LogP contribution in [0.1, 0.15) is 33.1 Å². The monoisotopic (exact) mass is 329 g/mol. The quantitative estimate of drug-likeness (QED) is 0.468. The van der Waals surface area contributed by atoms with Crippen LogP contribution in [0, 0.1) is 5.92 Å². The van der Waals surface area contributed by atoms with Gasteiger partial charge in [-0.05, 0) is 18.8 Å². The molecule has 3 unspecified atom stereocenters. The Morgan fingerprint density at radius 3 is 2.35 bits per heavy atom. The first-order chi connectivity index (χ1) is 10.6. The topological polar surface area (TPSA) is 150 Å². The molecule has 130 valence electrons. The van der Waals surface area contributed by atoms with Crippen LogP contribution in [0.15, 0.2) is 0 Å². The lowest BCUT2D eigenvalue weighted by molar-refractivity contribution is -0.148. The second-order valence-corrected chi connectivity index (χ2v) is 5.96. The van der Waals surface area contributed by atoms with Gasteiger partial charge < -0.3 is 26.2 Å². The first-order valence-corrected chi connectivity index (χ1v) is 7.46. The predicted molar refractivity (Wildman–Crippen MR) is 79.4 cm³/mol. The minimum Gasteiger partial charge on any atom is -0.481 e. The molecule has 0 aromatic rings. The van der Waals surface area contributed by atoms with E-state index in [0.717, 1.165) is 0 Å². The molecule has 5 N–H and O–H groups in total. The van der Waals surface area contributed by atoms with Gasteiger partial charge in [-0.2, -0.15) is 0 Å². The Morgan fingerprint density at radius 1 is 1.26 bits per heavy atom. The molecule has 0 saturated carbocycles. The molecular formula is C14H23N3O6. The Morgan fingerprint density at radius 2 is 1.87 bits per heavy atom. The van der Waals surface area contributed by atoms with Gasteiger partial charge in [-0.15, -0.1) is 0 Å². The maximum absolute atomic E-state index is 12.3. The van der Waals surface area contributed by atoms with E-state index < -0.39 is 42.4 Å². The van der Waals surface area contributed by atoms with E-state index in [1.165, 1.54) is 4.90 Å². The predicted octanol–water partition coefficient (Wildman–Crippen LogP) is -0.995. The molecule has 23 heavy (non-hydrogen) atoms. The van der Waals surface area contributed by atoms with E-state index >= 15 is 0 Å². The zero-order valence-electron chi connectivity index (χ0n) is 13.2. The Bertz CT molecular complexity index is 493. The third kappa shape index (κ3) is 4.92. The highest BCUT2D eigenvalue weighted by atomic mass is 16.4. The third-order valence-corrected chi connectivity index (χ3v) is 3.84.